The first-order chi connectivity index (χ1) is 10.2. The Balaban J connectivity index is 1.79. The van der Waals surface area contributed by atoms with Crippen LogP contribution in [0.15, 0.2) is 42.5 Å². The van der Waals surface area contributed by atoms with Crippen LogP contribution in [0.25, 0.3) is 0 Å². The summed E-state index contributed by atoms with van der Waals surface area (Å²) >= 11 is 0. The molecule has 1 aliphatic heterocycles. The maximum Gasteiger partial charge on any atom is 0.269 e. The molecule has 1 heterocycles. The van der Waals surface area contributed by atoms with Gasteiger partial charge in [-0.05, 0) is 29.2 Å². The van der Waals surface area contributed by atoms with E-state index in [1.54, 1.807) is 12.1 Å². The third-order valence-electron chi connectivity index (χ3n) is 3.84. The van der Waals surface area contributed by atoms with Crippen molar-refractivity contribution in [1.82, 2.24) is 0 Å². The van der Waals surface area contributed by atoms with E-state index in [9.17, 15) is 10.1 Å². The van der Waals surface area contributed by atoms with Crippen LogP contribution in [0, 0.1) is 10.1 Å². The zero-order valence-corrected chi connectivity index (χ0v) is 11.5. The predicted octanol–water partition coefficient (Wildman–Crippen LogP) is 2.65. The highest BCUT2D eigenvalue weighted by molar-refractivity contribution is 5.61. The number of nitro benzene ring substituents is 1. The molecule has 0 bridgehead atoms. The number of aliphatic hydroxyl groups excluding tert-OH is 1. The van der Waals surface area contributed by atoms with Crippen molar-refractivity contribution in [2.75, 3.05) is 11.4 Å². The van der Waals surface area contributed by atoms with Gasteiger partial charge in [-0.1, -0.05) is 24.3 Å². The number of rotatable bonds is 4. The van der Waals surface area contributed by atoms with Gasteiger partial charge in [0, 0.05) is 30.9 Å². The lowest BCUT2D eigenvalue weighted by Crippen LogP contribution is -2.19. The number of nitrogens with zero attached hydrogens (tertiary/aromatic N) is 2. The Morgan fingerprint density at radius 1 is 1.14 bits per heavy atom. The van der Waals surface area contributed by atoms with Crippen LogP contribution in [0.4, 0.5) is 11.4 Å². The SMILES string of the molecule is O=[N+]([O-])c1ccc2c(c1)CCN2Cc1ccc(CO)cc1. The summed E-state index contributed by atoms with van der Waals surface area (Å²) in [6, 6.07) is 12.9. The third kappa shape index (κ3) is 2.73. The number of aliphatic hydroxyl groups is 1. The van der Waals surface area contributed by atoms with Crippen molar-refractivity contribution in [2.24, 2.45) is 0 Å². The summed E-state index contributed by atoms with van der Waals surface area (Å²) in [5, 5.41) is 19.9. The normalized spacial score (nSPS) is 13.3. The quantitative estimate of drug-likeness (QED) is 0.692. The van der Waals surface area contributed by atoms with Crippen LogP contribution in [-0.4, -0.2) is 16.6 Å². The van der Waals surface area contributed by atoms with E-state index in [4.69, 9.17) is 5.11 Å². The fraction of sp³-hybridized carbons (Fsp3) is 0.250. The topological polar surface area (TPSA) is 66.6 Å². The van der Waals surface area contributed by atoms with Crippen molar-refractivity contribution >= 4 is 11.4 Å². The molecule has 2 aromatic rings. The lowest BCUT2D eigenvalue weighted by atomic mass is 10.1. The Labute approximate surface area is 122 Å². The maximum atomic E-state index is 10.8. The van der Waals surface area contributed by atoms with E-state index in [2.05, 4.69) is 4.90 Å². The van der Waals surface area contributed by atoms with Gasteiger partial charge in [0.2, 0.25) is 0 Å². The lowest BCUT2D eigenvalue weighted by Gasteiger charge is -2.19. The van der Waals surface area contributed by atoms with Crippen LogP contribution < -0.4 is 4.90 Å². The Kier molecular flexibility index (Phi) is 3.58. The van der Waals surface area contributed by atoms with Crippen LogP contribution in [0.2, 0.25) is 0 Å². The second kappa shape index (κ2) is 5.54. The van der Waals surface area contributed by atoms with Gasteiger partial charge in [0.05, 0.1) is 11.5 Å². The van der Waals surface area contributed by atoms with Gasteiger partial charge in [0.25, 0.3) is 5.69 Å². The second-order valence-corrected chi connectivity index (χ2v) is 5.22. The highest BCUT2D eigenvalue weighted by Gasteiger charge is 2.21. The molecule has 0 amide bonds. The number of nitro groups is 1. The van der Waals surface area contributed by atoms with Gasteiger partial charge in [0.15, 0.2) is 0 Å². The summed E-state index contributed by atoms with van der Waals surface area (Å²) in [5.41, 5.74) is 4.33. The summed E-state index contributed by atoms with van der Waals surface area (Å²) in [6.45, 7) is 1.70. The first-order valence-electron chi connectivity index (χ1n) is 6.88. The summed E-state index contributed by atoms with van der Waals surface area (Å²) < 4.78 is 0. The fourth-order valence-corrected chi connectivity index (χ4v) is 2.70. The maximum absolute atomic E-state index is 10.8. The summed E-state index contributed by atoms with van der Waals surface area (Å²) in [4.78, 5) is 12.7. The van der Waals surface area contributed by atoms with Crippen LogP contribution in [0.3, 0.4) is 0 Å². The molecule has 0 saturated carbocycles. The van der Waals surface area contributed by atoms with Gasteiger partial charge in [-0.2, -0.15) is 0 Å². The Morgan fingerprint density at radius 2 is 1.86 bits per heavy atom. The minimum atomic E-state index is -0.351. The number of hydrogen-bond acceptors (Lipinski definition) is 4. The Bertz CT molecular complexity index is 668. The zero-order valence-electron chi connectivity index (χ0n) is 11.5. The van der Waals surface area contributed by atoms with Gasteiger partial charge in [-0.3, -0.25) is 10.1 Å². The predicted molar refractivity (Wildman–Crippen MR) is 80.2 cm³/mol. The molecule has 21 heavy (non-hydrogen) atoms. The van der Waals surface area contributed by atoms with E-state index in [-0.39, 0.29) is 17.2 Å². The minimum Gasteiger partial charge on any atom is -0.392 e. The molecule has 0 saturated heterocycles. The van der Waals surface area contributed by atoms with E-state index in [1.165, 1.54) is 5.56 Å². The van der Waals surface area contributed by atoms with E-state index in [0.29, 0.717) is 0 Å². The smallest absolute Gasteiger partial charge is 0.269 e. The van der Waals surface area contributed by atoms with Crippen molar-refractivity contribution in [1.29, 1.82) is 0 Å². The van der Waals surface area contributed by atoms with E-state index in [0.717, 1.165) is 36.3 Å². The van der Waals surface area contributed by atoms with Crippen LogP contribution in [0.1, 0.15) is 16.7 Å². The molecule has 1 aliphatic rings. The van der Waals surface area contributed by atoms with Crippen LogP contribution >= 0.6 is 0 Å². The Hall–Kier alpha value is -2.40. The van der Waals surface area contributed by atoms with Crippen molar-refractivity contribution in [3.63, 3.8) is 0 Å². The molecule has 0 unspecified atom stereocenters. The molecular formula is C16H16N2O3. The van der Waals surface area contributed by atoms with Gasteiger partial charge >= 0.3 is 0 Å². The zero-order chi connectivity index (χ0) is 14.8. The molecule has 108 valence electrons. The van der Waals surface area contributed by atoms with Crippen molar-refractivity contribution in [3.05, 3.63) is 69.3 Å². The summed E-state index contributed by atoms with van der Waals surface area (Å²) in [6.07, 6.45) is 0.839. The number of non-ortho nitro benzene ring substituents is 1. The highest BCUT2D eigenvalue weighted by atomic mass is 16.6. The van der Waals surface area contributed by atoms with Crippen LogP contribution in [-0.2, 0) is 19.6 Å². The number of anilines is 1. The second-order valence-electron chi connectivity index (χ2n) is 5.22. The minimum absolute atomic E-state index is 0.0521. The molecule has 5 nitrogen and oxygen atoms in total. The third-order valence-corrected chi connectivity index (χ3v) is 3.84. The van der Waals surface area contributed by atoms with E-state index >= 15 is 0 Å². The molecule has 0 spiro atoms. The van der Waals surface area contributed by atoms with Crippen molar-refractivity contribution in [3.8, 4) is 0 Å². The van der Waals surface area contributed by atoms with Gasteiger partial charge in [-0.15, -0.1) is 0 Å². The summed E-state index contributed by atoms with van der Waals surface area (Å²) in [5.74, 6) is 0. The fourth-order valence-electron chi connectivity index (χ4n) is 2.70. The molecule has 0 fully saturated rings. The average Bonchev–Trinajstić information content (AvgIpc) is 2.90. The van der Waals surface area contributed by atoms with Gasteiger partial charge in [-0.25, -0.2) is 0 Å². The molecule has 5 heteroatoms. The molecular weight excluding hydrogens is 268 g/mol. The molecule has 0 aromatic heterocycles. The van der Waals surface area contributed by atoms with Crippen molar-refractivity contribution < 1.29 is 10.0 Å². The Morgan fingerprint density at radius 3 is 2.52 bits per heavy atom. The van der Waals surface area contributed by atoms with Crippen LogP contribution in [0.5, 0.6) is 0 Å². The number of fused-ring (bicyclic) bond motifs is 1. The number of hydrogen-bond donors (Lipinski definition) is 1. The monoisotopic (exact) mass is 284 g/mol. The number of benzene rings is 2. The lowest BCUT2D eigenvalue weighted by molar-refractivity contribution is -0.384. The van der Waals surface area contributed by atoms with Gasteiger partial charge in [0.1, 0.15) is 0 Å². The van der Waals surface area contributed by atoms with E-state index in [1.807, 2.05) is 30.3 Å². The van der Waals surface area contributed by atoms with Gasteiger partial charge < -0.3 is 10.0 Å². The average molecular weight is 284 g/mol. The van der Waals surface area contributed by atoms with Crippen molar-refractivity contribution in [2.45, 2.75) is 19.6 Å². The largest absolute Gasteiger partial charge is 0.392 e. The molecule has 0 atom stereocenters. The molecule has 0 aliphatic carbocycles. The summed E-state index contributed by atoms with van der Waals surface area (Å²) in [7, 11) is 0. The van der Waals surface area contributed by atoms with E-state index < -0.39 is 0 Å². The standard InChI is InChI=1S/C16H16N2O3/c19-11-13-3-1-12(2-4-13)10-17-8-7-14-9-15(18(20)21)5-6-16(14)17/h1-6,9,19H,7-8,10-11H2. The molecule has 2 aromatic carbocycles. The molecule has 0 radical (unpaired) electrons. The molecule has 1 N–H and O–H groups in total. The first kappa shape index (κ1) is 13.6. The first-order valence-corrected chi connectivity index (χ1v) is 6.88. The molecule has 3 rings (SSSR count). The highest BCUT2D eigenvalue weighted by Crippen LogP contribution is 2.32.